The van der Waals surface area contributed by atoms with E-state index in [0.717, 1.165) is 0 Å². The first-order chi connectivity index (χ1) is 7.59. The Balaban J connectivity index is 2.62. The van der Waals surface area contributed by atoms with Gasteiger partial charge in [-0.1, -0.05) is 23.2 Å². The van der Waals surface area contributed by atoms with E-state index in [4.69, 9.17) is 28.3 Å². The number of rotatable bonds is 2. The van der Waals surface area contributed by atoms with Crippen molar-refractivity contribution in [3.63, 3.8) is 0 Å². The third-order valence-corrected chi connectivity index (χ3v) is 3.42. The maximum absolute atomic E-state index is 11.0. The first-order valence-corrected chi connectivity index (χ1v) is 6.04. The van der Waals surface area contributed by atoms with Crippen molar-refractivity contribution in [2.75, 3.05) is 0 Å². The Hall–Kier alpha value is -1.03. The lowest BCUT2D eigenvalue weighted by atomic mass is 10.0. The number of hydrogen-bond acceptors (Lipinski definition) is 2. The van der Waals surface area contributed by atoms with E-state index in [2.05, 4.69) is 0 Å². The van der Waals surface area contributed by atoms with Crippen molar-refractivity contribution in [3.8, 4) is 11.1 Å². The number of carbonyl (C=O) groups is 1. The van der Waals surface area contributed by atoms with Gasteiger partial charge < -0.3 is 5.11 Å². The van der Waals surface area contributed by atoms with Crippen LogP contribution < -0.4 is 0 Å². The Labute approximate surface area is 106 Å². The first kappa shape index (κ1) is 11.5. The molecule has 2 aromatic rings. The molecule has 1 aromatic carbocycles. The quantitative estimate of drug-likeness (QED) is 0.879. The van der Waals surface area contributed by atoms with E-state index in [1.165, 1.54) is 11.3 Å². The van der Waals surface area contributed by atoms with Crippen LogP contribution in [0.4, 0.5) is 0 Å². The normalized spacial score (nSPS) is 10.4. The van der Waals surface area contributed by atoms with E-state index >= 15 is 0 Å². The van der Waals surface area contributed by atoms with E-state index in [1.807, 2.05) is 0 Å². The molecule has 82 valence electrons. The van der Waals surface area contributed by atoms with Crippen molar-refractivity contribution in [2.24, 2.45) is 0 Å². The molecule has 0 saturated carbocycles. The zero-order valence-electron chi connectivity index (χ0n) is 7.91. The molecule has 1 N–H and O–H groups in total. The second-order valence-corrected chi connectivity index (χ2v) is 4.72. The lowest BCUT2D eigenvalue weighted by Gasteiger charge is -2.04. The summed E-state index contributed by atoms with van der Waals surface area (Å²) in [5.41, 5.74) is 1.49. The van der Waals surface area contributed by atoms with Gasteiger partial charge >= 0.3 is 5.97 Å². The van der Waals surface area contributed by atoms with Crippen LogP contribution in [0.2, 0.25) is 10.0 Å². The van der Waals surface area contributed by atoms with Crippen LogP contribution in [0.15, 0.2) is 29.0 Å². The minimum absolute atomic E-state index is 0.245. The Morgan fingerprint density at radius 2 is 1.94 bits per heavy atom. The molecule has 0 aliphatic carbocycles. The van der Waals surface area contributed by atoms with Crippen LogP contribution in [-0.2, 0) is 0 Å². The third-order valence-electron chi connectivity index (χ3n) is 2.11. The Morgan fingerprint density at radius 3 is 2.62 bits per heavy atom. The van der Waals surface area contributed by atoms with Gasteiger partial charge in [0.2, 0.25) is 0 Å². The average molecular weight is 273 g/mol. The highest BCUT2D eigenvalue weighted by Crippen LogP contribution is 2.34. The molecular weight excluding hydrogens is 267 g/mol. The monoisotopic (exact) mass is 272 g/mol. The van der Waals surface area contributed by atoms with Crippen molar-refractivity contribution in [1.29, 1.82) is 0 Å². The number of carboxylic acid groups (broad SMARTS) is 1. The second kappa shape index (κ2) is 4.45. The summed E-state index contributed by atoms with van der Waals surface area (Å²) >= 11 is 13.2. The Morgan fingerprint density at radius 1 is 1.19 bits per heavy atom. The molecule has 0 amide bonds. The first-order valence-electron chi connectivity index (χ1n) is 4.34. The zero-order chi connectivity index (χ0) is 11.7. The molecule has 0 unspecified atom stereocenters. The number of carboxylic acids is 1. The predicted octanol–water partition coefficient (Wildman–Crippen LogP) is 4.42. The van der Waals surface area contributed by atoms with Gasteiger partial charge in [0.05, 0.1) is 5.56 Å². The van der Waals surface area contributed by atoms with Crippen molar-refractivity contribution < 1.29 is 9.90 Å². The molecule has 2 nitrogen and oxygen atoms in total. The fraction of sp³-hybridized carbons (Fsp3) is 0. The average Bonchev–Trinajstić information content (AvgIpc) is 2.70. The smallest absolute Gasteiger partial charge is 0.337 e. The SMILES string of the molecule is O=C(O)c1cscc1-c1cc(Cl)ccc1Cl. The van der Waals surface area contributed by atoms with Gasteiger partial charge in [-0.15, -0.1) is 0 Å². The summed E-state index contributed by atoms with van der Waals surface area (Å²) in [6.07, 6.45) is 0. The van der Waals surface area contributed by atoms with Crippen molar-refractivity contribution in [2.45, 2.75) is 0 Å². The van der Waals surface area contributed by atoms with E-state index in [9.17, 15) is 4.79 Å². The van der Waals surface area contributed by atoms with E-state index in [1.54, 1.807) is 29.0 Å². The molecule has 5 heteroatoms. The molecule has 0 aliphatic rings. The summed E-state index contributed by atoms with van der Waals surface area (Å²) in [5, 5.41) is 13.4. The Kier molecular flexibility index (Phi) is 3.19. The second-order valence-electron chi connectivity index (χ2n) is 3.13. The minimum atomic E-state index is -0.965. The maximum Gasteiger partial charge on any atom is 0.337 e. The van der Waals surface area contributed by atoms with Crippen molar-refractivity contribution in [1.82, 2.24) is 0 Å². The molecule has 0 radical (unpaired) electrons. The highest BCUT2D eigenvalue weighted by atomic mass is 35.5. The Bertz CT molecular complexity index is 549. The summed E-state index contributed by atoms with van der Waals surface area (Å²) in [5.74, 6) is -0.965. The van der Waals surface area contributed by atoms with Crippen LogP contribution in [0.5, 0.6) is 0 Å². The molecular formula is C11H6Cl2O2S. The van der Waals surface area contributed by atoms with Crippen molar-refractivity contribution in [3.05, 3.63) is 44.6 Å². The molecule has 2 rings (SSSR count). The van der Waals surface area contributed by atoms with E-state index in [0.29, 0.717) is 21.2 Å². The molecule has 0 fully saturated rings. The molecule has 0 bridgehead atoms. The number of benzene rings is 1. The molecule has 0 saturated heterocycles. The van der Waals surface area contributed by atoms with Gasteiger partial charge in [0.1, 0.15) is 0 Å². The molecule has 0 aliphatic heterocycles. The highest BCUT2D eigenvalue weighted by molar-refractivity contribution is 7.08. The van der Waals surface area contributed by atoms with Crippen LogP contribution >= 0.6 is 34.5 Å². The number of thiophene rings is 1. The van der Waals surface area contributed by atoms with Gasteiger partial charge in [-0.3, -0.25) is 0 Å². The summed E-state index contributed by atoms with van der Waals surface area (Å²) in [6, 6.07) is 4.99. The maximum atomic E-state index is 11.0. The molecule has 16 heavy (non-hydrogen) atoms. The molecule has 0 spiro atoms. The standard InChI is InChI=1S/C11H6Cl2O2S/c12-6-1-2-10(13)7(3-6)8-4-16-5-9(8)11(14)15/h1-5H,(H,14,15). The number of hydrogen-bond donors (Lipinski definition) is 1. The minimum Gasteiger partial charge on any atom is -0.478 e. The van der Waals surface area contributed by atoms with Gasteiger partial charge in [0, 0.05) is 26.6 Å². The van der Waals surface area contributed by atoms with Crippen LogP contribution in [0.1, 0.15) is 10.4 Å². The van der Waals surface area contributed by atoms with Crippen LogP contribution in [-0.4, -0.2) is 11.1 Å². The summed E-state index contributed by atoms with van der Waals surface area (Å²) in [4.78, 5) is 11.0. The van der Waals surface area contributed by atoms with Crippen LogP contribution in [0, 0.1) is 0 Å². The largest absolute Gasteiger partial charge is 0.478 e. The number of halogens is 2. The molecule has 0 atom stereocenters. The van der Waals surface area contributed by atoms with Gasteiger partial charge in [0.25, 0.3) is 0 Å². The van der Waals surface area contributed by atoms with Gasteiger partial charge in [0.15, 0.2) is 0 Å². The van der Waals surface area contributed by atoms with E-state index in [-0.39, 0.29) is 5.56 Å². The van der Waals surface area contributed by atoms with E-state index < -0.39 is 5.97 Å². The van der Waals surface area contributed by atoms with Gasteiger partial charge in [-0.05, 0) is 23.6 Å². The fourth-order valence-corrected chi connectivity index (χ4v) is 2.59. The van der Waals surface area contributed by atoms with Crippen molar-refractivity contribution >= 4 is 40.5 Å². The van der Waals surface area contributed by atoms with Crippen LogP contribution in [0.25, 0.3) is 11.1 Å². The summed E-state index contributed by atoms with van der Waals surface area (Å²) in [6.45, 7) is 0. The molecule has 1 aromatic heterocycles. The van der Waals surface area contributed by atoms with Gasteiger partial charge in [-0.2, -0.15) is 11.3 Å². The third kappa shape index (κ3) is 2.07. The predicted molar refractivity (Wildman–Crippen MR) is 66.7 cm³/mol. The fourth-order valence-electron chi connectivity index (χ4n) is 1.38. The number of aromatic carboxylic acids is 1. The highest BCUT2D eigenvalue weighted by Gasteiger charge is 2.15. The topological polar surface area (TPSA) is 37.3 Å². The van der Waals surface area contributed by atoms with Crippen LogP contribution in [0.3, 0.4) is 0 Å². The zero-order valence-corrected chi connectivity index (χ0v) is 10.2. The van der Waals surface area contributed by atoms with Gasteiger partial charge in [-0.25, -0.2) is 4.79 Å². The lowest BCUT2D eigenvalue weighted by Crippen LogP contribution is -1.96. The summed E-state index contributed by atoms with van der Waals surface area (Å²) < 4.78 is 0. The molecule has 1 heterocycles. The summed E-state index contributed by atoms with van der Waals surface area (Å²) in [7, 11) is 0. The lowest BCUT2D eigenvalue weighted by molar-refractivity contribution is 0.0698.